The van der Waals surface area contributed by atoms with Gasteiger partial charge in [0.25, 0.3) is 0 Å². The van der Waals surface area contributed by atoms with Crippen LogP contribution in [0.1, 0.15) is 30.7 Å². The molecule has 0 aliphatic carbocycles. The van der Waals surface area contributed by atoms with E-state index in [1.54, 1.807) is 0 Å². The van der Waals surface area contributed by atoms with Gasteiger partial charge in [0.05, 0.1) is 5.92 Å². The second-order valence-electron chi connectivity index (χ2n) is 5.58. The SMILES string of the molecule is NC1CCCN(C(=O)C2CC(=O)Nc3ccccc32)C1. The molecule has 20 heavy (non-hydrogen) atoms. The molecule has 0 bridgehead atoms. The van der Waals surface area contributed by atoms with Crippen LogP contribution >= 0.6 is 0 Å². The molecule has 2 aliphatic rings. The second-order valence-corrected chi connectivity index (χ2v) is 5.58. The highest BCUT2D eigenvalue weighted by Crippen LogP contribution is 2.33. The van der Waals surface area contributed by atoms with Crippen molar-refractivity contribution in [3.8, 4) is 0 Å². The van der Waals surface area contributed by atoms with Crippen molar-refractivity contribution in [2.24, 2.45) is 5.73 Å². The molecule has 2 atom stereocenters. The highest BCUT2D eigenvalue weighted by molar-refractivity contribution is 6.01. The van der Waals surface area contributed by atoms with Crippen LogP contribution in [0.5, 0.6) is 0 Å². The molecule has 3 rings (SSSR count). The van der Waals surface area contributed by atoms with Crippen LogP contribution in [0.25, 0.3) is 0 Å². The molecule has 106 valence electrons. The fourth-order valence-electron chi connectivity index (χ4n) is 3.06. The molecule has 2 heterocycles. The number of hydrogen-bond acceptors (Lipinski definition) is 3. The van der Waals surface area contributed by atoms with Crippen LogP contribution in [0.15, 0.2) is 24.3 Å². The molecule has 3 N–H and O–H groups in total. The van der Waals surface area contributed by atoms with Crippen LogP contribution in [-0.4, -0.2) is 35.8 Å². The van der Waals surface area contributed by atoms with E-state index in [2.05, 4.69) is 5.32 Å². The number of nitrogens with two attached hydrogens (primary N) is 1. The number of anilines is 1. The van der Waals surface area contributed by atoms with E-state index in [4.69, 9.17) is 5.73 Å². The third-order valence-electron chi connectivity index (χ3n) is 4.07. The van der Waals surface area contributed by atoms with Gasteiger partial charge in [-0.25, -0.2) is 0 Å². The van der Waals surface area contributed by atoms with Crippen LogP contribution < -0.4 is 11.1 Å². The lowest BCUT2D eigenvalue weighted by atomic mass is 9.88. The highest BCUT2D eigenvalue weighted by Gasteiger charge is 2.34. The first-order valence-electron chi connectivity index (χ1n) is 7.08. The topological polar surface area (TPSA) is 75.4 Å². The minimum Gasteiger partial charge on any atom is -0.341 e. The maximum Gasteiger partial charge on any atom is 0.230 e. The van der Waals surface area contributed by atoms with Crippen molar-refractivity contribution in [2.75, 3.05) is 18.4 Å². The molecular weight excluding hydrogens is 254 g/mol. The lowest BCUT2D eigenvalue weighted by molar-refractivity contribution is -0.136. The smallest absolute Gasteiger partial charge is 0.230 e. The monoisotopic (exact) mass is 273 g/mol. The number of amides is 2. The number of para-hydroxylation sites is 1. The van der Waals surface area contributed by atoms with E-state index in [0.717, 1.165) is 30.6 Å². The maximum atomic E-state index is 12.7. The van der Waals surface area contributed by atoms with Gasteiger partial charge in [-0.3, -0.25) is 9.59 Å². The molecule has 1 saturated heterocycles. The Morgan fingerprint density at radius 1 is 1.35 bits per heavy atom. The summed E-state index contributed by atoms with van der Waals surface area (Å²) >= 11 is 0. The standard InChI is InChI=1S/C15H19N3O2/c16-10-4-3-7-18(9-10)15(20)12-8-14(19)17-13-6-2-1-5-11(12)13/h1-2,5-6,10,12H,3-4,7-9,16H2,(H,17,19). The average molecular weight is 273 g/mol. The minimum atomic E-state index is -0.370. The molecule has 1 fully saturated rings. The Bertz CT molecular complexity index is 544. The zero-order valence-electron chi connectivity index (χ0n) is 11.3. The van der Waals surface area contributed by atoms with Crippen molar-refractivity contribution in [3.63, 3.8) is 0 Å². The summed E-state index contributed by atoms with van der Waals surface area (Å²) in [7, 11) is 0. The summed E-state index contributed by atoms with van der Waals surface area (Å²) in [6, 6.07) is 7.58. The Morgan fingerprint density at radius 3 is 2.95 bits per heavy atom. The predicted molar refractivity (Wildman–Crippen MR) is 76.2 cm³/mol. The Kier molecular flexibility index (Phi) is 3.44. The van der Waals surface area contributed by atoms with Gasteiger partial charge in [-0.05, 0) is 24.5 Å². The molecule has 0 spiro atoms. The fourth-order valence-corrected chi connectivity index (χ4v) is 3.06. The van der Waals surface area contributed by atoms with E-state index in [0.29, 0.717) is 6.54 Å². The third kappa shape index (κ3) is 2.41. The molecule has 0 radical (unpaired) electrons. The Morgan fingerprint density at radius 2 is 2.15 bits per heavy atom. The molecule has 2 unspecified atom stereocenters. The van der Waals surface area contributed by atoms with Gasteiger partial charge in [-0.15, -0.1) is 0 Å². The number of carbonyl (C=O) groups is 2. The first-order chi connectivity index (χ1) is 9.65. The number of nitrogens with one attached hydrogen (secondary N) is 1. The number of rotatable bonds is 1. The van der Waals surface area contributed by atoms with Crippen molar-refractivity contribution in [1.82, 2.24) is 4.90 Å². The van der Waals surface area contributed by atoms with Crippen LogP contribution in [0.4, 0.5) is 5.69 Å². The van der Waals surface area contributed by atoms with Crippen molar-refractivity contribution < 1.29 is 9.59 Å². The van der Waals surface area contributed by atoms with E-state index in [1.807, 2.05) is 29.2 Å². The molecule has 1 aromatic carbocycles. The minimum absolute atomic E-state index is 0.0300. The first kappa shape index (κ1) is 13.1. The number of fused-ring (bicyclic) bond motifs is 1. The molecule has 2 amide bonds. The largest absolute Gasteiger partial charge is 0.341 e. The zero-order chi connectivity index (χ0) is 14.1. The molecule has 1 aromatic rings. The van der Waals surface area contributed by atoms with E-state index in [1.165, 1.54) is 0 Å². The number of benzene rings is 1. The van der Waals surface area contributed by atoms with Gasteiger partial charge in [0, 0.05) is 31.2 Å². The number of hydrogen-bond donors (Lipinski definition) is 2. The van der Waals surface area contributed by atoms with E-state index in [9.17, 15) is 9.59 Å². The summed E-state index contributed by atoms with van der Waals surface area (Å²) in [6.07, 6.45) is 2.13. The summed E-state index contributed by atoms with van der Waals surface area (Å²) in [6.45, 7) is 1.34. The molecule has 5 heteroatoms. The van der Waals surface area contributed by atoms with Crippen molar-refractivity contribution in [3.05, 3.63) is 29.8 Å². The Balaban J connectivity index is 1.86. The molecule has 0 aromatic heterocycles. The summed E-state index contributed by atoms with van der Waals surface area (Å²) < 4.78 is 0. The molecular formula is C15H19N3O2. The zero-order valence-corrected chi connectivity index (χ0v) is 11.3. The summed E-state index contributed by atoms with van der Waals surface area (Å²) in [5, 5.41) is 2.82. The molecule has 2 aliphatic heterocycles. The predicted octanol–water partition coefficient (Wildman–Crippen LogP) is 1.06. The fraction of sp³-hybridized carbons (Fsp3) is 0.467. The van der Waals surface area contributed by atoms with Crippen molar-refractivity contribution >= 4 is 17.5 Å². The van der Waals surface area contributed by atoms with E-state index < -0.39 is 0 Å². The molecule has 5 nitrogen and oxygen atoms in total. The quantitative estimate of drug-likeness (QED) is 0.803. The number of piperidine rings is 1. The van der Waals surface area contributed by atoms with Gasteiger partial charge >= 0.3 is 0 Å². The maximum absolute atomic E-state index is 12.7. The summed E-state index contributed by atoms with van der Waals surface area (Å²) in [5.41, 5.74) is 7.61. The number of nitrogens with zero attached hydrogens (tertiary/aromatic N) is 1. The van der Waals surface area contributed by atoms with Gasteiger partial charge < -0.3 is 16.0 Å². The van der Waals surface area contributed by atoms with Crippen molar-refractivity contribution in [2.45, 2.75) is 31.2 Å². The van der Waals surface area contributed by atoms with E-state index >= 15 is 0 Å². The normalized spacial score (nSPS) is 25.9. The second kappa shape index (κ2) is 5.25. The Labute approximate surface area is 118 Å². The third-order valence-corrected chi connectivity index (χ3v) is 4.07. The van der Waals surface area contributed by atoms with Crippen molar-refractivity contribution in [1.29, 1.82) is 0 Å². The summed E-state index contributed by atoms with van der Waals surface area (Å²) in [4.78, 5) is 26.3. The number of likely N-dealkylation sites (tertiary alicyclic amines) is 1. The Hall–Kier alpha value is -1.88. The van der Waals surface area contributed by atoms with Gasteiger partial charge in [-0.1, -0.05) is 18.2 Å². The van der Waals surface area contributed by atoms with Crippen LogP contribution in [-0.2, 0) is 9.59 Å². The van der Waals surface area contributed by atoms with Gasteiger partial charge in [0.15, 0.2) is 0 Å². The van der Waals surface area contributed by atoms with Crippen LogP contribution in [0.2, 0.25) is 0 Å². The molecule has 0 saturated carbocycles. The van der Waals surface area contributed by atoms with Crippen LogP contribution in [0, 0.1) is 0 Å². The number of carbonyl (C=O) groups excluding carboxylic acids is 2. The first-order valence-corrected chi connectivity index (χ1v) is 7.08. The van der Waals surface area contributed by atoms with Gasteiger partial charge in [-0.2, -0.15) is 0 Å². The highest BCUT2D eigenvalue weighted by atomic mass is 16.2. The lowest BCUT2D eigenvalue weighted by Gasteiger charge is -2.35. The van der Waals surface area contributed by atoms with Gasteiger partial charge in [0.1, 0.15) is 0 Å². The lowest BCUT2D eigenvalue weighted by Crippen LogP contribution is -2.48. The summed E-state index contributed by atoms with van der Waals surface area (Å²) in [5.74, 6) is -0.434. The van der Waals surface area contributed by atoms with Gasteiger partial charge in [0.2, 0.25) is 11.8 Å². The average Bonchev–Trinajstić information content (AvgIpc) is 2.45. The van der Waals surface area contributed by atoms with E-state index in [-0.39, 0.29) is 30.2 Å². The van der Waals surface area contributed by atoms with Crippen LogP contribution in [0.3, 0.4) is 0 Å².